The highest BCUT2D eigenvalue weighted by molar-refractivity contribution is 7.41. The molecule has 16 nitrogen and oxygen atoms in total. The van der Waals surface area contributed by atoms with Gasteiger partial charge in [0.2, 0.25) is 0 Å². The molecule has 0 aliphatic rings. The van der Waals surface area contributed by atoms with Crippen LogP contribution >= 0.6 is 8.60 Å². The number of esters is 2. The maximum absolute atomic E-state index is 12.9. The zero-order chi connectivity index (χ0) is 53.8. The summed E-state index contributed by atoms with van der Waals surface area (Å²) in [6, 6.07) is 0. The Morgan fingerprint density at radius 2 is 0.903 bits per heavy atom. The monoisotopic (exact) mass is 1040 g/mol. The number of hydrogen-bond donors (Lipinski definition) is 3. The van der Waals surface area contributed by atoms with E-state index in [0.29, 0.717) is 64.0 Å². The highest BCUT2D eigenvalue weighted by Gasteiger charge is 2.15. The first-order chi connectivity index (χ1) is 35.2. The fourth-order valence-corrected chi connectivity index (χ4v) is 8.08. The van der Waals surface area contributed by atoms with Gasteiger partial charge in [0.1, 0.15) is 24.6 Å². The van der Waals surface area contributed by atoms with Gasteiger partial charge in [0.25, 0.3) is 0 Å². The van der Waals surface area contributed by atoms with E-state index in [4.69, 9.17) is 34.7 Å². The zero-order valence-electron chi connectivity index (χ0n) is 48.1. The van der Waals surface area contributed by atoms with Gasteiger partial charge in [0.05, 0.1) is 32.7 Å². The summed E-state index contributed by atoms with van der Waals surface area (Å²) in [5, 5.41) is 11.0. The molecule has 0 fully saturated rings. The molecule has 5 N–H and O–H groups in total. The summed E-state index contributed by atoms with van der Waals surface area (Å²) in [6.45, 7) is 24.9. The Hall–Kier alpha value is -2.59. The van der Waals surface area contributed by atoms with Gasteiger partial charge in [-0.15, -0.1) is 0 Å². The Morgan fingerprint density at radius 1 is 0.514 bits per heavy atom. The molecule has 0 unspecified atom stereocenters. The quantitative estimate of drug-likeness (QED) is 0.0130. The van der Waals surface area contributed by atoms with E-state index in [1.807, 2.05) is 27.7 Å². The van der Waals surface area contributed by atoms with Crippen LogP contribution in [0.15, 0.2) is 20.2 Å². The molecule has 72 heavy (non-hydrogen) atoms. The largest absolute Gasteiger partial charge is 0.459 e. The number of hydrazone groups is 2. The van der Waals surface area contributed by atoms with E-state index < -0.39 is 8.60 Å². The average Bonchev–Trinajstić information content (AvgIpc) is 3.38. The van der Waals surface area contributed by atoms with Crippen molar-refractivity contribution in [2.24, 2.45) is 31.9 Å². The van der Waals surface area contributed by atoms with E-state index in [9.17, 15) is 9.59 Å². The van der Waals surface area contributed by atoms with Crippen molar-refractivity contribution in [2.45, 2.75) is 222 Å². The molecule has 0 aliphatic carbocycles. The smallest absolute Gasteiger partial charge is 0.332 e. The summed E-state index contributed by atoms with van der Waals surface area (Å²) >= 11 is 0. The van der Waals surface area contributed by atoms with Gasteiger partial charge in [-0.25, -0.2) is 0 Å². The molecule has 0 amide bonds. The molecule has 0 bridgehead atoms. The van der Waals surface area contributed by atoms with Gasteiger partial charge in [-0.05, 0) is 85.7 Å². The summed E-state index contributed by atoms with van der Waals surface area (Å²) in [4.78, 5) is 39.1. The van der Waals surface area contributed by atoms with E-state index in [1.54, 1.807) is 12.4 Å². The third-order valence-corrected chi connectivity index (χ3v) is 12.5. The van der Waals surface area contributed by atoms with Crippen molar-refractivity contribution in [3.63, 3.8) is 0 Å². The van der Waals surface area contributed by atoms with Crippen LogP contribution in [0.5, 0.6) is 0 Å². The molecule has 17 heteroatoms. The van der Waals surface area contributed by atoms with Crippen molar-refractivity contribution < 1.29 is 32.6 Å². The number of hydrogen-bond acceptors (Lipinski definition) is 16. The van der Waals surface area contributed by atoms with Crippen LogP contribution in [0.25, 0.3) is 0 Å². The van der Waals surface area contributed by atoms with Crippen molar-refractivity contribution >= 4 is 44.4 Å². The standard InChI is InChI=1S/C50H100N9O7P.C3H8.C2H6/c1-6-10-12-14-16-18-20-22-24-26-33-54-43-47(56-51)45-62-49(60)31-40-59(39-30-38-58(5)37-28-35-53-36-29-42-66-67(64-8-3)65-9-4)41-32-50(61)63-46-48(57-52)44-55-34-27-25-23-21-19-17-15-13-11-7-2;1-3-2;1-2/h43-44,53H,6-42,45-46,51-52H2,1-5H3;3H2,1-2H3;1-2H3/b54-43?,55-44?,56-47+,57-48+;;. The molecule has 0 atom stereocenters. The zero-order valence-corrected chi connectivity index (χ0v) is 49.0. The first-order valence-electron chi connectivity index (χ1n) is 28.9. The predicted octanol–water partition coefficient (Wildman–Crippen LogP) is 12.2. The number of rotatable bonds is 51. The first kappa shape index (κ1) is 73.7. The number of nitrogens with two attached hydrogens (primary N) is 2. The Morgan fingerprint density at radius 3 is 1.31 bits per heavy atom. The van der Waals surface area contributed by atoms with Gasteiger partial charge < -0.3 is 49.8 Å². The Kier molecular flexibility index (Phi) is 64.1. The van der Waals surface area contributed by atoms with Crippen LogP contribution in [0.2, 0.25) is 0 Å². The van der Waals surface area contributed by atoms with E-state index in [0.717, 1.165) is 71.1 Å². The van der Waals surface area contributed by atoms with Crippen molar-refractivity contribution in [1.82, 2.24) is 15.1 Å². The maximum atomic E-state index is 12.9. The summed E-state index contributed by atoms with van der Waals surface area (Å²) in [7, 11) is 0.863. The number of aliphatic imine (C=N–C) groups is 2. The fraction of sp³-hybridized carbons (Fsp3) is 0.891. The molecule has 0 saturated carbocycles. The second-order valence-electron chi connectivity index (χ2n) is 18.1. The third kappa shape index (κ3) is 56.7. The van der Waals surface area contributed by atoms with Gasteiger partial charge in [0.15, 0.2) is 0 Å². The Balaban J connectivity index is -0.00000914. The number of nitrogens with zero attached hydrogens (tertiary/aromatic N) is 6. The lowest BCUT2D eigenvalue weighted by molar-refractivity contribution is -0.142. The molecule has 0 spiro atoms. The van der Waals surface area contributed by atoms with Crippen LogP contribution in [-0.2, 0) is 32.6 Å². The van der Waals surface area contributed by atoms with Crippen molar-refractivity contribution in [3.8, 4) is 0 Å². The molecule has 0 aromatic carbocycles. The summed E-state index contributed by atoms with van der Waals surface area (Å²) in [6.07, 6.45) is 32.9. The molecule has 0 saturated heterocycles. The molecule has 0 aromatic heterocycles. The van der Waals surface area contributed by atoms with Gasteiger partial charge in [-0.2, -0.15) is 10.2 Å². The molecule has 0 aliphatic heterocycles. The number of nitrogens with one attached hydrogen (secondary N) is 1. The predicted molar refractivity (Wildman–Crippen MR) is 309 cm³/mol. The first-order valence-corrected chi connectivity index (χ1v) is 30.0. The number of carbonyl (C=O) groups is 2. The number of ether oxygens (including phenoxy) is 2. The SMILES string of the molecule is CC.CCC.CCCCCCCCCCCCN=C/C(COC(=O)CCN(CCCN(C)CCCNCCCOP(OCC)OCC)CCC(=O)OC/C(C=NCCCCCCCCCCCC)=N/N)=N\N. The van der Waals surface area contributed by atoms with Crippen molar-refractivity contribution in [2.75, 3.05) is 99.0 Å². The maximum Gasteiger partial charge on any atom is 0.332 e. The van der Waals surface area contributed by atoms with E-state index in [-0.39, 0.29) is 38.0 Å². The Labute approximate surface area is 443 Å². The van der Waals surface area contributed by atoms with Gasteiger partial charge >= 0.3 is 20.5 Å². The van der Waals surface area contributed by atoms with Crippen LogP contribution in [0.3, 0.4) is 0 Å². The highest BCUT2D eigenvalue weighted by Crippen LogP contribution is 2.39. The number of unbranched alkanes of at least 4 members (excludes halogenated alkanes) is 18. The molecule has 0 heterocycles. The third-order valence-electron chi connectivity index (χ3n) is 11.2. The van der Waals surface area contributed by atoms with Crippen LogP contribution < -0.4 is 17.0 Å². The minimum Gasteiger partial charge on any atom is -0.459 e. The van der Waals surface area contributed by atoms with Crippen LogP contribution in [0.4, 0.5) is 0 Å². The topological polar surface area (TPSA) is 200 Å². The lowest BCUT2D eigenvalue weighted by Crippen LogP contribution is -2.33. The minimum absolute atomic E-state index is 0.0345. The number of carbonyl (C=O) groups excluding carboxylic acids is 2. The molecule has 0 rings (SSSR count). The van der Waals surface area contributed by atoms with E-state index >= 15 is 0 Å². The van der Waals surface area contributed by atoms with E-state index in [2.05, 4.69) is 70.0 Å². The molecular formula is C55H114N9O7P. The van der Waals surface area contributed by atoms with Gasteiger partial charge in [-0.3, -0.25) is 19.6 Å². The molecular weight excluding hydrogens is 930 g/mol. The van der Waals surface area contributed by atoms with Crippen molar-refractivity contribution in [1.29, 1.82) is 0 Å². The lowest BCUT2D eigenvalue weighted by Gasteiger charge is -2.23. The van der Waals surface area contributed by atoms with E-state index in [1.165, 1.54) is 109 Å². The average molecular weight is 1040 g/mol. The van der Waals surface area contributed by atoms with Crippen LogP contribution in [0.1, 0.15) is 222 Å². The fourth-order valence-electron chi connectivity index (χ4n) is 7.16. The molecule has 426 valence electrons. The normalized spacial score (nSPS) is 12.0. The van der Waals surface area contributed by atoms with Crippen LogP contribution in [0, 0.1) is 0 Å². The summed E-state index contributed by atoms with van der Waals surface area (Å²) in [5.74, 6) is 10.5. The molecule has 0 aromatic rings. The van der Waals surface area contributed by atoms with Crippen molar-refractivity contribution in [3.05, 3.63) is 0 Å². The summed E-state index contributed by atoms with van der Waals surface area (Å²) in [5.41, 5.74) is 0.843. The van der Waals surface area contributed by atoms with Gasteiger partial charge in [-0.1, -0.05) is 164 Å². The highest BCUT2D eigenvalue weighted by atomic mass is 31.2. The summed E-state index contributed by atoms with van der Waals surface area (Å²) < 4.78 is 27.7. The van der Waals surface area contributed by atoms with Crippen LogP contribution in [-0.4, -0.2) is 145 Å². The Bertz CT molecular complexity index is 1190. The van der Waals surface area contributed by atoms with Gasteiger partial charge in [0, 0.05) is 38.6 Å². The second-order valence-corrected chi connectivity index (χ2v) is 19.3. The minimum atomic E-state index is -1.25. The lowest BCUT2D eigenvalue weighted by atomic mass is 10.1. The second kappa shape index (κ2) is 62.7. The molecule has 0 radical (unpaired) electrons.